The van der Waals surface area contributed by atoms with Crippen molar-refractivity contribution < 1.29 is 14.4 Å². The van der Waals surface area contributed by atoms with E-state index < -0.39 is 17.7 Å². The van der Waals surface area contributed by atoms with Crippen LogP contribution in [-0.2, 0) is 14.4 Å². The minimum absolute atomic E-state index is 0.148. The molecule has 1 fully saturated rings. The predicted molar refractivity (Wildman–Crippen MR) is 75.2 cm³/mol. The van der Waals surface area contributed by atoms with Crippen LogP contribution in [0.4, 0.5) is 0 Å². The Morgan fingerprint density at radius 1 is 1.15 bits per heavy atom. The molecule has 1 aliphatic rings. The summed E-state index contributed by atoms with van der Waals surface area (Å²) in [6.45, 7) is -0.295. The third kappa shape index (κ3) is 3.37. The molecule has 0 radical (unpaired) electrons. The van der Waals surface area contributed by atoms with Crippen molar-refractivity contribution in [2.45, 2.75) is 0 Å². The van der Waals surface area contributed by atoms with E-state index in [0.717, 1.165) is 4.90 Å². The maximum atomic E-state index is 11.9. The molecule has 0 saturated carbocycles. The fraction of sp³-hybridized carbons (Fsp3) is 0.154. The van der Waals surface area contributed by atoms with Crippen LogP contribution in [0.15, 0.2) is 24.3 Å². The van der Waals surface area contributed by atoms with Gasteiger partial charge in [0, 0.05) is 21.7 Å². The van der Waals surface area contributed by atoms with Crippen molar-refractivity contribution in [1.29, 1.82) is 0 Å². The molecule has 0 atom stereocenters. The molecule has 1 heterocycles. The number of halogens is 2. The van der Waals surface area contributed by atoms with Crippen LogP contribution >= 0.6 is 23.2 Å². The van der Waals surface area contributed by atoms with E-state index in [4.69, 9.17) is 23.2 Å². The molecule has 0 unspecified atom stereocenters. The van der Waals surface area contributed by atoms with Crippen LogP contribution in [-0.4, -0.2) is 35.7 Å². The lowest BCUT2D eigenvalue weighted by atomic mass is 10.2. The molecule has 7 heteroatoms. The second-order valence-electron chi connectivity index (χ2n) is 4.13. The monoisotopic (exact) mass is 312 g/mol. The first-order valence-corrected chi connectivity index (χ1v) is 6.46. The van der Waals surface area contributed by atoms with E-state index >= 15 is 0 Å². The Morgan fingerprint density at radius 3 is 2.25 bits per heavy atom. The van der Waals surface area contributed by atoms with Crippen molar-refractivity contribution >= 4 is 47.0 Å². The number of carbonyl (C=O) groups excluding carboxylic acids is 3. The zero-order valence-electron chi connectivity index (χ0n) is 10.2. The van der Waals surface area contributed by atoms with Gasteiger partial charge in [-0.05, 0) is 18.2 Å². The molecule has 1 aromatic rings. The highest BCUT2D eigenvalue weighted by molar-refractivity contribution is 6.37. The lowest BCUT2D eigenvalue weighted by Crippen LogP contribution is -2.52. The normalized spacial score (nSPS) is 15.6. The van der Waals surface area contributed by atoms with E-state index in [9.17, 15) is 14.4 Å². The number of carbonyl (C=O) groups is 3. The summed E-state index contributed by atoms with van der Waals surface area (Å²) in [5, 5.41) is 2.94. The van der Waals surface area contributed by atoms with Crippen LogP contribution in [0.3, 0.4) is 0 Å². The molecular weight excluding hydrogens is 303 g/mol. The second kappa shape index (κ2) is 6.07. The molecule has 0 aromatic heterocycles. The molecule has 3 amide bonds. The quantitative estimate of drug-likeness (QED) is 0.664. The van der Waals surface area contributed by atoms with Crippen LogP contribution in [0.1, 0.15) is 5.56 Å². The minimum Gasteiger partial charge on any atom is -0.321 e. The van der Waals surface area contributed by atoms with Gasteiger partial charge in [0.05, 0.1) is 0 Å². The Balaban J connectivity index is 2.13. The fourth-order valence-electron chi connectivity index (χ4n) is 1.72. The van der Waals surface area contributed by atoms with Crippen molar-refractivity contribution in [2.75, 3.05) is 13.1 Å². The van der Waals surface area contributed by atoms with Gasteiger partial charge in [-0.1, -0.05) is 29.3 Å². The Labute approximate surface area is 125 Å². The van der Waals surface area contributed by atoms with Gasteiger partial charge in [-0.15, -0.1) is 0 Å². The summed E-state index contributed by atoms with van der Waals surface area (Å²) >= 11 is 11.9. The van der Waals surface area contributed by atoms with Crippen molar-refractivity contribution in [3.8, 4) is 0 Å². The maximum absolute atomic E-state index is 11.9. The highest BCUT2D eigenvalue weighted by atomic mass is 35.5. The molecule has 2 rings (SSSR count). The van der Waals surface area contributed by atoms with Gasteiger partial charge in [0.1, 0.15) is 13.1 Å². The molecule has 1 aliphatic heterocycles. The Kier molecular flexibility index (Phi) is 4.42. The van der Waals surface area contributed by atoms with Gasteiger partial charge in [-0.25, -0.2) is 0 Å². The SMILES string of the molecule is O=C1CN(C(=O)C=Cc2c(Cl)cccc2Cl)CC(=O)N1. The predicted octanol–water partition coefficient (Wildman–Crippen LogP) is 1.49. The van der Waals surface area contributed by atoms with Crippen LogP contribution in [0.2, 0.25) is 10.0 Å². The smallest absolute Gasteiger partial charge is 0.247 e. The summed E-state index contributed by atoms with van der Waals surface area (Å²) in [7, 11) is 0. The zero-order chi connectivity index (χ0) is 14.7. The lowest BCUT2D eigenvalue weighted by molar-refractivity contribution is -0.143. The van der Waals surface area contributed by atoms with Gasteiger partial charge in [-0.3, -0.25) is 19.7 Å². The van der Waals surface area contributed by atoms with E-state index in [-0.39, 0.29) is 13.1 Å². The van der Waals surface area contributed by atoms with Crippen molar-refractivity contribution in [3.05, 3.63) is 39.9 Å². The number of nitrogens with zero attached hydrogens (tertiary/aromatic N) is 1. The summed E-state index contributed by atoms with van der Waals surface area (Å²) in [6, 6.07) is 4.99. The van der Waals surface area contributed by atoms with Crippen molar-refractivity contribution in [3.63, 3.8) is 0 Å². The molecule has 0 aliphatic carbocycles. The average molecular weight is 313 g/mol. The van der Waals surface area contributed by atoms with Gasteiger partial charge < -0.3 is 4.90 Å². The van der Waals surface area contributed by atoms with E-state index in [1.165, 1.54) is 12.2 Å². The van der Waals surface area contributed by atoms with Crippen molar-refractivity contribution in [2.24, 2.45) is 0 Å². The van der Waals surface area contributed by atoms with Gasteiger partial charge >= 0.3 is 0 Å². The Hall–Kier alpha value is -1.85. The first kappa shape index (κ1) is 14.6. The third-order valence-corrected chi connectivity index (χ3v) is 3.31. The molecule has 0 bridgehead atoms. The largest absolute Gasteiger partial charge is 0.321 e. The number of hydrogen-bond acceptors (Lipinski definition) is 3. The summed E-state index contributed by atoms with van der Waals surface area (Å²) < 4.78 is 0. The van der Waals surface area contributed by atoms with Crippen LogP contribution in [0.5, 0.6) is 0 Å². The number of benzene rings is 1. The zero-order valence-corrected chi connectivity index (χ0v) is 11.7. The standard InChI is InChI=1S/C13H10Cl2N2O3/c14-9-2-1-3-10(15)8(9)4-5-13(20)17-6-11(18)16-12(19)7-17/h1-5H,6-7H2,(H,16,18,19). The first-order chi connectivity index (χ1) is 9.47. The molecule has 1 saturated heterocycles. The average Bonchev–Trinajstić information content (AvgIpc) is 2.36. The lowest BCUT2D eigenvalue weighted by Gasteiger charge is -2.24. The summed E-state index contributed by atoms with van der Waals surface area (Å²) in [4.78, 5) is 35.4. The van der Waals surface area contributed by atoms with Crippen LogP contribution in [0.25, 0.3) is 6.08 Å². The van der Waals surface area contributed by atoms with Crippen LogP contribution < -0.4 is 5.32 Å². The van der Waals surface area contributed by atoms with E-state index in [0.29, 0.717) is 15.6 Å². The van der Waals surface area contributed by atoms with Gasteiger partial charge in [0.15, 0.2) is 0 Å². The molecular formula is C13H10Cl2N2O3. The van der Waals surface area contributed by atoms with Crippen molar-refractivity contribution in [1.82, 2.24) is 10.2 Å². The number of piperazine rings is 1. The summed E-state index contributed by atoms with van der Waals surface area (Å²) in [5.74, 6) is -1.46. The second-order valence-corrected chi connectivity index (χ2v) is 4.95. The topological polar surface area (TPSA) is 66.5 Å². The molecule has 5 nitrogen and oxygen atoms in total. The number of imide groups is 1. The number of nitrogens with one attached hydrogen (secondary N) is 1. The highest BCUT2D eigenvalue weighted by Gasteiger charge is 2.24. The van der Waals surface area contributed by atoms with E-state index in [2.05, 4.69) is 5.32 Å². The number of hydrogen-bond donors (Lipinski definition) is 1. The highest BCUT2D eigenvalue weighted by Crippen LogP contribution is 2.25. The first-order valence-electron chi connectivity index (χ1n) is 5.71. The molecule has 20 heavy (non-hydrogen) atoms. The summed E-state index contributed by atoms with van der Waals surface area (Å²) in [5.41, 5.74) is 0.511. The summed E-state index contributed by atoms with van der Waals surface area (Å²) in [6.07, 6.45) is 2.70. The van der Waals surface area contributed by atoms with Gasteiger partial charge in [0.25, 0.3) is 0 Å². The Morgan fingerprint density at radius 2 is 1.70 bits per heavy atom. The van der Waals surface area contributed by atoms with Gasteiger partial charge in [-0.2, -0.15) is 0 Å². The molecule has 104 valence electrons. The van der Waals surface area contributed by atoms with Crippen LogP contribution in [0, 0.1) is 0 Å². The fourth-order valence-corrected chi connectivity index (χ4v) is 2.25. The molecule has 0 spiro atoms. The molecule has 1 aromatic carbocycles. The molecule has 1 N–H and O–H groups in total. The number of amides is 3. The van der Waals surface area contributed by atoms with E-state index in [1.54, 1.807) is 18.2 Å². The van der Waals surface area contributed by atoms with E-state index in [1.807, 2.05) is 0 Å². The number of rotatable bonds is 2. The Bertz CT molecular complexity index is 577. The third-order valence-electron chi connectivity index (χ3n) is 2.65. The minimum atomic E-state index is -0.501. The maximum Gasteiger partial charge on any atom is 0.247 e. The van der Waals surface area contributed by atoms with Gasteiger partial charge in [0.2, 0.25) is 17.7 Å².